The van der Waals surface area contributed by atoms with Gasteiger partial charge in [-0.25, -0.2) is 8.42 Å². The van der Waals surface area contributed by atoms with E-state index >= 15 is 0 Å². The van der Waals surface area contributed by atoms with Crippen LogP contribution in [0.4, 0.5) is 5.69 Å². The van der Waals surface area contributed by atoms with E-state index in [9.17, 15) is 18.0 Å². The number of rotatable bonds is 7. The Hall–Kier alpha value is -2.29. The number of esters is 1. The minimum atomic E-state index is -4.06. The van der Waals surface area contributed by atoms with Gasteiger partial charge in [-0.15, -0.1) is 0 Å². The van der Waals surface area contributed by atoms with Crippen molar-refractivity contribution >= 4 is 50.8 Å². The Kier molecular flexibility index (Phi) is 8.03. The second kappa shape index (κ2) is 10.6. The van der Waals surface area contributed by atoms with Gasteiger partial charge >= 0.3 is 5.97 Å². The Morgan fingerprint density at radius 3 is 2.31 bits per heavy atom. The molecule has 10 heteroatoms. The van der Waals surface area contributed by atoms with Gasteiger partial charge in [0.1, 0.15) is 6.54 Å². The topological polar surface area (TPSA) is 84.0 Å². The van der Waals surface area contributed by atoms with E-state index in [1.807, 2.05) is 0 Å². The summed E-state index contributed by atoms with van der Waals surface area (Å²) in [4.78, 5) is 26.6. The quantitative estimate of drug-likeness (QED) is 0.538. The van der Waals surface area contributed by atoms with Crippen molar-refractivity contribution in [2.45, 2.75) is 24.7 Å². The zero-order chi connectivity index (χ0) is 23.3. The third-order valence-electron chi connectivity index (χ3n) is 5.24. The lowest BCUT2D eigenvalue weighted by atomic mass is 9.97. The van der Waals surface area contributed by atoms with Crippen molar-refractivity contribution < 1.29 is 22.7 Å². The molecule has 1 aliphatic heterocycles. The summed E-state index contributed by atoms with van der Waals surface area (Å²) >= 11 is 12.0. The molecule has 1 fully saturated rings. The van der Waals surface area contributed by atoms with Gasteiger partial charge in [-0.05, 0) is 62.2 Å². The molecular weight excluding hydrogens is 475 g/mol. The molecular formula is C22H24Cl2N2O5S. The van der Waals surface area contributed by atoms with Crippen LogP contribution in [0.3, 0.4) is 0 Å². The van der Waals surface area contributed by atoms with Crippen LogP contribution in [0.15, 0.2) is 53.4 Å². The lowest BCUT2D eigenvalue weighted by Crippen LogP contribution is -2.46. The molecule has 2 aromatic carbocycles. The normalized spacial score (nSPS) is 14.8. The van der Waals surface area contributed by atoms with E-state index in [4.69, 9.17) is 27.9 Å². The van der Waals surface area contributed by atoms with Gasteiger partial charge in [-0.3, -0.25) is 13.9 Å². The number of piperidine rings is 1. The molecule has 172 valence electrons. The summed E-state index contributed by atoms with van der Waals surface area (Å²) in [6.45, 7) is 2.38. The molecule has 0 bridgehead atoms. The van der Waals surface area contributed by atoms with Crippen LogP contribution in [-0.2, 0) is 24.3 Å². The van der Waals surface area contributed by atoms with Gasteiger partial charge in [0.15, 0.2) is 0 Å². The zero-order valence-electron chi connectivity index (χ0n) is 17.5. The van der Waals surface area contributed by atoms with Gasteiger partial charge in [-0.1, -0.05) is 29.3 Å². The first-order valence-electron chi connectivity index (χ1n) is 10.2. The Bertz CT molecular complexity index is 1070. The number of halogens is 2. The maximum Gasteiger partial charge on any atom is 0.309 e. The van der Waals surface area contributed by atoms with E-state index in [0.29, 0.717) is 42.6 Å². The van der Waals surface area contributed by atoms with Crippen LogP contribution in [0, 0.1) is 5.92 Å². The van der Waals surface area contributed by atoms with Crippen molar-refractivity contribution in [3.05, 3.63) is 58.6 Å². The van der Waals surface area contributed by atoms with Gasteiger partial charge in [0.2, 0.25) is 5.91 Å². The van der Waals surface area contributed by atoms with Gasteiger partial charge in [-0.2, -0.15) is 0 Å². The Labute approximate surface area is 197 Å². The molecule has 0 radical (unpaired) electrons. The molecule has 1 heterocycles. The molecule has 0 atom stereocenters. The molecule has 0 unspecified atom stereocenters. The Morgan fingerprint density at radius 1 is 1.06 bits per heavy atom. The molecule has 0 saturated carbocycles. The number of sulfonamides is 1. The average Bonchev–Trinajstić information content (AvgIpc) is 2.77. The lowest BCUT2D eigenvalue weighted by molar-refractivity contribution is -0.151. The van der Waals surface area contributed by atoms with Crippen molar-refractivity contribution in [1.82, 2.24) is 4.90 Å². The number of nitrogens with zero attached hydrogens (tertiary/aromatic N) is 2. The maximum absolute atomic E-state index is 13.4. The van der Waals surface area contributed by atoms with Crippen LogP contribution in [0.2, 0.25) is 10.0 Å². The van der Waals surface area contributed by atoms with Gasteiger partial charge in [0.25, 0.3) is 10.0 Å². The minimum absolute atomic E-state index is 0.00990. The van der Waals surface area contributed by atoms with E-state index < -0.39 is 16.6 Å². The van der Waals surface area contributed by atoms with Gasteiger partial charge < -0.3 is 9.64 Å². The van der Waals surface area contributed by atoms with Gasteiger partial charge in [0.05, 0.1) is 23.1 Å². The Morgan fingerprint density at radius 2 is 1.72 bits per heavy atom. The zero-order valence-corrected chi connectivity index (χ0v) is 19.9. The molecule has 0 N–H and O–H groups in total. The van der Waals surface area contributed by atoms with Gasteiger partial charge in [0, 0.05) is 23.1 Å². The fourth-order valence-electron chi connectivity index (χ4n) is 3.53. The highest BCUT2D eigenvalue weighted by atomic mass is 35.5. The molecule has 32 heavy (non-hydrogen) atoms. The number of ether oxygens (including phenoxy) is 1. The maximum atomic E-state index is 13.4. The standard InChI is InChI=1S/C22H24Cl2N2O5S/c1-2-31-22(28)16-10-12-25(13-11-16)21(27)15-26(19-5-3-4-18(24)14-19)32(29,30)20-8-6-17(23)7-9-20/h3-9,14,16H,2,10-13,15H2,1H3. The van der Waals surface area contributed by atoms with Crippen molar-refractivity contribution in [3.63, 3.8) is 0 Å². The number of hydrogen-bond acceptors (Lipinski definition) is 5. The molecule has 2 aromatic rings. The predicted octanol–water partition coefficient (Wildman–Crippen LogP) is 3.99. The second-order valence-corrected chi connectivity index (χ2v) is 10.1. The number of carbonyl (C=O) groups excluding carboxylic acids is 2. The average molecular weight is 499 g/mol. The first-order valence-corrected chi connectivity index (χ1v) is 12.4. The summed E-state index contributed by atoms with van der Waals surface area (Å²) in [6.07, 6.45) is 0.956. The highest BCUT2D eigenvalue weighted by Gasteiger charge is 2.32. The SMILES string of the molecule is CCOC(=O)C1CCN(C(=O)CN(c2cccc(Cl)c2)S(=O)(=O)c2ccc(Cl)cc2)CC1. The first kappa shape index (κ1) is 24.4. The van der Waals surface area contributed by atoms with Crippen molar-refractivity contribution in [2.24, 2.45) is 5.92 Å². The number of anilines is 1. The van der Waals surface area contributed by atoms with Crippen LogP contribution in [0.25, 0.3) is 0 Å². The van der Waals surface area contributed by atoms with E-state index in [-0.39, 0.29) is 28.4 Å². The molecule has 0 aromatic heterocycles. The third-order valence-corrected chi connectivity index (χ3v) is 7.52. The van der Waals surface area contributed by atoms with Crippen molar-refractivity contribution in [2.75, 3.05) is 30.5 Å². The summed E-state index contributed by atoms with van der Waals surface area (Å²) in [7, 11) is -4.06. The summed E-state index contributed by atoms with van der Waals surface area (Å²) in [6, 6.07) is 12.1. The predicted molar refractivity (Wildman–Crippen MR) is 123 cm³/mol. The lowest BCUT2D eigenvalue weighted by Gasteiger charge is -2.33. The molecule has 0 spiro atoms. The fraction of sp³-hybridized carbons (Fsp3) is 0.364. The van der Waals surface area contributed by atoms with Crippen molar-refractivity contribution in [1.29, 1.82) is 0 Å². The largest absolute Gasteiger partial charge is 0.466 e. The summed E-state index contributed by atoms with van der Waals surface area (Å²) in [5.74, 6) is -0.865. The molecule has 7 nitrogen and oxygen atoms in total. The third kappa shape index (κ3) is 5.74. The number of amides is 1. The van der Waals surface area contributed by atoms with E-state index in [0.717, 1.165) is 4.31 Å². The number of carbonyl (C=O) groups is 2. The molecule has 1 saturated heterocycles. The summed E-state index contributed by atoms with van der Waals surface area (Å²) in [5, 5.41) is 0.750. The molecule has 1 aliphatic rings. The van der Waals surface area contributed by atoms with Crippen LogP contribution < -0.4 is 4.31 Å². The first-order chi connectivity index (χ1) is 15.2. The minimum Gasteiger partial charge on any atom is -0.466 e. The fourth-order valence-corrected chi connectivity index (χ4v) is 5.24. The highest BCUT2D eigenvalue weighted by Crippen LogP contribution is 2.27. The number of likely N-dealkylation sites (tertiary alicyclic amines) is 1. The second-order valence-electron chi connectivity index (χ2n) is 7.35. The number of benzene rings is 2. The highest BCUT2D eigenvalue weighted by molar-refractivity contribution is 7.92. The van der Waals surface area contributed by atoms with Crippen LogP contribution in [0.1, 0.15) is 19.8 Å². The smallest absolute Gasteiger partial charge is 0.309 e. The molecule has 1 amide bonds. The van der Waals surface area contributed by atoms with Crippen LogP contribution >= 0.6 is 23.2 Å². The van der Waals surface area contributed by atoms with E-state index in [1.54, 1.807) is 30.0 Å². The monoisotopic (exact) mass is 498 g/mol. The summed E-state index contributed by atoms with van der Waals surface area (Å²) in [5.41, 5.74) is 0.280. The number of hydrogen-bond donors (Lipinski definition) is 0. The summed E-state index contributed by atoms with van der Waals surface area (Å²) < 4.78 is 32.9. The van der Waals surface area contributed by atoms with E-state index in [2.05, 4.69) is 0 Å². The molecule has 3 rings (SSSR count). The Balaban J connectivity index is 1.82. The van der Waals surface area contributed by atoms with Crippen LogP contribution in [-0.4, -0.2) is 51.4 Å². The van der Waals surface area contributed by atoms with E-state index in [1.165, 1.54) is 30.3 Å². The van der Waals surface area contributed by atoms with Crippen LogP contribution in [0.5, 0.6) is 0 Å². The molecule has 0 aliphatic carbocycles. The van der Waals surface area contributed by atoms with Crippen molar-refractivity contribution in [3.8, 4) is 0 Å².